The minimum atomic E-state index is -0.151. The van der Waals surface area contributed by atoms with Gasteiger partial charge >= 0.3 is 0 Å². The van der Waals surface area contributed by atoms with E-state index in [4.69, 9.17) is 9.47 Å². The first kappa shape index (κ1) is 20.5. The molecule has 0 atom stereocenters. The highest BCUT2D eigenvalue weighted by Crippen LogP contribution is 2.33. The fourth-order valence-corrected chi connectivity index (χ4v) is 4.42. The summed E-state index contributed by atoms with van der Waals surface area (Å²) in [6.45, 7) is 7.26. The number of anilines is 1. The monoisotopic (exact) mass is 423 g/mol. The number of carbonyl (C=O) groups excluding carboxylic acids is 1. The molecule has 7 heteroatoms. The fourth-order valence-electron chi connectivity index (χ4n) is 3.59. The molecule has 2 aliphatic heterocycles. The molecule has 2 aliphatic rings. The largest absolute Gasteiger partial charge is 0.496 e. The number of aryl methyl sites for hydroxylation is 2. The maximum Gasteiger partial charge on any atom is 0.264 e. The van der Waals surface area contributed by atoms with E-state index in [1.54, 1.807) is 7.11 Å². The lowest BCUT2D eigenvalue weighted by Crippen LogP contribution is -2.36. The molecule has 1 N–H and O–H groups in total. The van der Waals surface area contributed by atoms with E-state index >= 15 is 0 Å². The van der Waals surface area contributed by atoms with Gasteiger partial charge in [-0.15, -0.1) is 0 Å². The van der Waals surface area contributed by atoms with E-state index in [2.05, 4.69) is 27.3 Å². The van der Waals surface area contributed by atoms with E-state index in [9.17, 15) is 4.79 Å². The van der Waals surface area contributed by atoms with Crippen LogP contribution in [0.25, 0.3) is 6.08 Å². The standard InChI is InChI=1S/C23H25N3O3S/c1-15-10-16(2)12-18(11-15)24-23-25-22(27)21(30-23)13-17-4-5-19(14-20(17)28-3)26-6-8-29-9-7-26/h4-5,10-14H,6-9H2,1-3H3,(H,24,25,27)/b21-13-. The van der Waals surface area contributed by atoms with Gasteiger partial charge in [0, 0.05) is 30.4 Å². The van der Waals surface area contributed by atoms with Crippen molar-refractivity contribution in [1.82, 2.24) is 5.32 Å². The third kappa shape index (κ3) is 4.68. The van der Waals surface area contributed by atoms with Crippen LogP contribution in [0.15, 0.2) is 46.3 Å². The van der Waals surface area contributed by atoms with E-state index in [0.717, 1.165) is 60.1 Å². The number of benzene rings is 2. The Hall–Kier alpha value is -2.77. The molecule has 2 fully saturated rings. The lowest BCUT2D eigenvalue weighted by molar-refractivity contribution is -0.115. The first-order valence-corrected chi connectivity index (χ1v) is 10.7. The van der Waals surface area contributed by atoms with Crippen LogP contribution < -0.4 is 15.0 Å². The second-order valence-corrected chi connectivity index (χ2v) is 8.38. The molecule has 4 rings (SSSR count). The normalized spacial score (nSPS) is 19.4. The lowest BCUT2D eigenvalue weighted by atomic mass is 10.1. The maximum absolute atomic E-state index is 12.5. The summed E-state index contributed by atoms with van der Waals surface area (Å²) in [7, 11) is 1.65. The molecule has 0 aliphatic carbocycles. The number of thioether (sulfide) groups is 1. The zero-order valence-corrected chi connectivity index (χ0v) is 18.2. The molecule has 0 saturated carbocycles. The first-order chi connectivity index (χ1) is 14.5. The van der Waals surface area contributed by atoms with Gasteiger partial charge in [0.1, 0.15) is 5.75 Å². The number of carbonyl (C=O) groups is 1. The molecular formula is C23H25N3O3S. The summed E-state index contributed by atoms with van der Waals surface area (Å²) in [4.78, 5) is 19.9. The van der Waals surface area contributed by atoms with E-state index in [0.29, 0.717) is 10.1 Å². The van der Waals surface area contributed by atoms with Gasteiger partial charge in [-0.25, -0.2) is 4.99 Å². The Bertz CT molecular complexity index is 1010. The number of nitrogens with zero attached hydrogens (tertiary/aromatic N) is 2. The van der Waals surface area contributed by atoms with E-state index in [-0.39, 0.29) is 5.91 Å². The number of hydrogen-bond donors (Lipinski definition) is 1. The van der Waals surface area contributed by atoms with Gasteiger partial charge in [-0.1, -0.05) is 6.07 Å². The highest BCUT2D eigenvalue weighted by atomic mass is 32.2. The number of hydrogen-bond acceptors (Lipinski definition) is 6. The molecule has 0 unspecified atom stereocenters. The molecule has 2 saturated heterocycles. The number of aliphatic imine (C=N–C) groups is 1. The molecule has 0 spiro atoms. The van der Waals surface area contributed by atoms with Gasteiger partial charge in [0.25, 0.3) is 5.91 Å². The zero-order valence-electron chi connectivity index (χ0n) is 17.4. The predicted octanol–water partition coefficient (Wildman–Crippen LogP) is 4.04. The number of rotatable bonds is 4. The van der Waals surface area contributed by atoms with Crippen LogP contribution in [0, 0.1) is 13.8 Å². The summed E-state index contributed by atoms with van der Waals surface area (Å²) in [6.07, 6.45) is 1.85. The maximum atomic E-state index is 12.5. The van der Waals surface area contributed by atoms with Crippen LogP contribution in [-0.2, 0) is 9.53 Å². The Kier molecular flexibility index (Phi) is 6.11. The second kappa shape index (κ2) is 8.93. The smallest absolute Gasteiger partial charge is 0.264 e. The molecule has 2 aromatic rings. The molecule has 156 valence electrons. The minimum absolute atomic E-state index is 0.151. The minimum Gasteiger partial charge on any atom is -0.496 e. The summed E-state index contributed by atoms with van der Waals surface area (Å²) in [5.74, 6) is 0.585. The van der Waals surface area contributed by atoms with Crippen molar-refractivity contribution in [3.8, 4) is 5.75 Å². The van der Waals surface area contributed by atoms with Crippen molar-refractivity contribution >= 4 is 40.3 Å². The van der Waals surface area contributed by atoms with E-state index < -0.39 is 0 Å². The molecule has 0 aromatic heterocycles. The van der Waals surface area contributed by atoms with Gasteiger partial charge in [-0.2, -0.15) is 0 Å². The van der Waals surface area contributed by atoms with Crippen LogP contribution >= 0.6 is 11.8 Å². The molecule has 2 heterocycles. The van der Waals surface area contributed by atoms with Gasteiger partial charge in [0.05, 0.1) is 30.9 Å². The number of ether oxygens (including phenoxy) is 2. The van der Waals surface area contributed by atoms with Gasteiger partial charge in [-0.3, -0.25) is 4.79 Å². The third-order valence-corrected chi connectivity index (χ3v) is 5.88. The summed E-state index contributed by atoms with van der Waals surface area (Å²) in [5.41, 5.74) is 5.08. The third-order valence-electron chi connectivity index (χ3n) is 4.97. The van der Waals surface area contributed by atoms with Gasteiger partial charge < -0.3 is 19.7 Å². The van der Waals surface area contributed by atoms with E-state index in [1.165, 1.54) is 11.8 Å². The van der Waals surface area contributed by atoms with Gasteiger partial charge in [0.15, 0.2) is 5.17 Å². The van der Waals surface area contributed by atoms with Crippen LogP contribution in [-0.4, -0.2) is 44.5 Å². The quantitative estimate of drug-likeness (QED) is 0.752. The number of nitrogens with one attached hydrogen (secondary N) is 1. The number of methoxy groups -OCH3 is 1. The highest BCUT2D eigenvalue weighted by Gasteiger charge is 2.24. The van der Waals surface area contributed by atoms with Gasteiger partial charge in [0.2, 0.25) is 0 Å². The number of morpholine rings is 1. The molecule has 6 nitrogen and oxygen atoms in total. The SMILES string of the molecule is COc1cc(N2CCOCC2)ccc1/C=C1\SC(=Nc2cc(C)cc(C)c2)NC1=O. The van der Waals surface area contributed by atoms with Crippen LogP contribution in [0.2, 0.25) is 0 Å². The van der Waals surface area contributed by atoms with Crippen LogP contribution in [0.3, 0.4) is 0 Å². The first-order valence-electron chi connectivity index (χ1n) is 9.90. The van der Waals surface area contributed by atoms with Crippen LogP contribution in [0.1, 0.15) is 16.7 Å². The molecule has 30 heavy (non-hydrogen) atoms. The Balaban J connectivity index is 1.56. The Morgan fingerprint density at radius 3 is 2.57 bits per heavy atom. The summed E-state index contributed by atoms with van der Waals surface area (Å²) in [6, 6.07) is 12.2. The predicted molar refractivity (Wildman–Crippen MR) is 123 cm³/mol. The second-order valence-electron chi connectivity index (χ2n) is 7.35. The van der Waals surface area contributed by atoms with Crippen LogP contribution in [0.4, 0.5) is 11.4 Å². The molecule has 0 bridgehead atoms. The average molecular weight is 424 g/mol. The van der Waals surface area contributed by atoms with Crippen molar-refractivity contribution in [2.75, 3.05) is 38.3 Å². The van der Waals surface area contributed by atoms with Crippen molar-refractivity contribution < 1.29 is 14.3 Å². The average Bonchev–Trinajstić information content (AvgIpc) is 3.06. The molecule has 2 aromatic carbocycles. The van der Waals surface area contributed by atoms with Crippen LogP contribution in [0.5, 0.6) is 5.75 Å². The Labute approximate surface area is 181 Å². The van der Waals surface area contributed by atoms with Crippen molar-refractivity contribution in [3.63, 3.8) is 0 Å². The zero-order chi connectivity index (χ0) is 21.1. The van der Waals surface area contributed by atoms with Crippen molar-refractivity contribution in [2.24, 2.45) is 4.99 Å². The van der Waals surface area contributed by atoms with Crippen molar-refractivity contribution in [3.05, 3.63) is 58.0 Å². The summed E-state index contributed by atoms with van der Waals surface area (Å²) >= 11 is 1.34. The van der Waals surface area contributed by atoms with E-state index in [1.807, 2.05) is 44.2 Å². The molecule has 1 amide bonds. The molecule has 0 radical (unpaired) electrons. The topological polar surface area (TPSA) is 63.2 Å². The lowest BCUT2D eigenvalue weighted by Gasteiger charge is -2.29. The Morgan fingerprint density at radius 1 is 1.13 bits per heavy atom. The van der Waals surface area contributed by atoms with Gasteiger partial charge in [-0.05, 0) is 67.1 Å². The number of amidine groups is 1. The van der Waals surface area contributed by atoms with Crippen molar-refractivity contribution in [1.29, 1.82) is 0 Å². The summed E-state index contributed by atoms with van der Waals surface area (Å²) < 4.78 is 11.0. The summed E-state index contributed by atoms with van der Waals surface area (Å²) in [5, 5.41) is 3.44. The number of amides is 1. The highest BCUT2D eigenvalue weighted by molar-refractivity contribution is 8.18. The Morgan fingerprint density at radius 2 is 1.87 bits per heavy atom. The fraction of sp³-hybridized carbons (Fsp3) is 0.304. The molecular weight excluding hydrogens is 398 g/mol. The van der Waals surface area contributed by atoms with Crippen molar-refractivity contribution in [2.45, 2.75) is 13.8 Å².